The molecule has 3 heterocycles. The highest BCUT2D eigenvalue weighted by atomic mass is 35.5. The van der Waals surface area contributed by atoms with Crippen molar-refractivity contribution in [3.63, 3.8) is 0 Å². The molecule has 4 bridgehead atoms. The number of carbonyl (C=O) groups is 1. The molecule has 7 atom stereocenters. The first kappa shape index (κ1) is 29.2. The molecule has 0 saturated heterocycles. The van der Waals surface area contributed by atoms with Gasteiger partial charge in [0.2, 0.25) is 10.0 Å². The number of aryl methyl sites for hydroxylation is 1. The van der Waals surface area contributed by atoms with Crippen LogP contribution in [0, 0.1) is 23.7 Å². The van der Waals surface area contributed by atoms with E-state index in [1.54, 1.807) is 20.1 Å². The summed E-state index contributed by atoms with van der Waals surface area (Å²) >= 11 is 6.42. The highest BCUT2D eigenvalue weighted by Gasteiger charge is 2.47. The van der Waals surface area contributed by atoms with E-state index in [2.05, 4.69) is 27.8 Å². The Kier molecular flexibility index (Phi) is 7.34. The molecular weight excluding hydrogens is 584 g/mol. The maximum Gasteiger partial charge on any atom is 0.264 e. The maximum atomic E-state index is 13.4. The number of hydrogen-bond acceptors (Lipinski definition) is 6. The number of benzene rings is 2. The number of ether oxygens (including phenoxy) is 2. The molecule has 1 spiro atoms. The summed E-state index contributed by atoms with van der Waals surface area (Å²) in [7, 11) is -2.08. The van der Waals surface area contributed by atoms with E-state index in [4.69, 9.17) is 21.1 Å². The van der Waals surface area contributed by atoms with Gasteiger partial charge in [0.1, 0.15) is 5.75 Å². The molecular formula is C34H41ClN2O5S. The number of sulfonamides is 1. The van der Waals surface area contributed by atoms with E-state index in [9.17, 15) is 13.2 Å². The van der Waals surface area contributed by atoms with Crippen LogP contribution in [0.1, 0.15) is 67.4 Å². The van der Waals surface area contributed by atoms with Crippen LogP contribution in [0.4, 0.5) is 5.69 Å². The van der Waals surface area contributed by atoms with E-state index in [0.717, 1.165) is 68.1 Å². The summed E-state index contributed by atoms with van der Waals surface area (Å²) < 4.78 is 41.9. The summed E-state index contributed by atoms with van der Waals surface area (Å²) in [6.07, 6.45) is 8.38. The molecule has 7 nitrogen and oxygen atoms in total. The Balaban J connectivity index is 1.32. The van der Waals surface area contributed by atoms with Crippen LogP contribution >= 0.6 is 11.6 Å². The molecule has 43 heavy (non-hydrogen) atoms. The Morgan fingerprint density at radius 1 is 1.14 bits per heavy atom. The summed E-state index contributed by atoms with van der Waals surface area (Å²) in [5.41, 5.74) is 4.80. The van der Waals surface area contributed by atoms with Gasteiger partial charge in [-0.15, -0.1) is 0 Å². The number of nitrogens with zero attached hydrogens (tertiary/aromatic N) is 1. The second-order valence-corrected chi connectivity index (χ2v) is 16.1. The van der Waals surface area contributed by atoms with Crippen LogP contribution in [0.2, 0.25) is 5.02 Å². The lowest BCUT2D eigenvalue weighted by Crippen LogP contribution is -2.50. The van der Waals surface area contributed by atoms with Crippen molar-refractivity contribution in [1.29, 1.82) is 0 Å². The number of anilines is 1. The van der Waals surface area contributed by atoms with Crippen molar-refractivity contribution in [1.82, 2.24) is 4.72 Å². The number of rotatable bonds is 1. The third-order valence-electron chi connectivity index (χ3n) is 11.3. The largest absolute Gasteiger partial charge is 0.490 e. The Morgan fingerprint density at radius 2 is 1.95 bits per heavy atom. The fraction of sp³-hybridized carbons (Fsp3) is 0.559. The lowest BCUT2D eigenvalue weighted by Gasteiger charge is -2.48. The zero-order valence-electron chi connectivity index (χ0n) is 25.1. The van der Waals surface area contributed by atoms with Crippen LogP contribution in [0.25, 0.3) is 0 Å². The monoisotopic (exact) mass is 624 g/mol. The first-order chi connectivity index (χ1) is 20.6. The van der Waals surface area contributed by atoms with Crippen molar-refractivity contribution in [2.45, 2.75) is 69.1 Å². The number of amides is 1. The summed E-state index contributed by atoms with van der Waals surface area (Å²) in [4.78, 5) is 15.9. The van der Waals surface area contributed by atoms with Crippen molar-refractivity contribution < 1.29 is 22.7 Å². The molecule has 1 unspecified atom stereocenters. The third kappa shape index (κ3) is 4.98. The predicted octanol–water partition coefficient (Wildman–Crippen LogP) is 5.90. The topological polar surface area (TPSA) is 84.9 Å². The number of fused-ring (bicyclic) bond motifs is 6. The quantitative estimate of drug-likeness (QED) is 0.398. The second-order valence-electron chi connectivity index (χ2n) is 13.6. The van der Waals surface area contributed by atoms with Crippen LogP contribution < -0.4 is 14.4 Å². The number of halogens is 1. The van der Waals surface area contributed by atoms with Gasteiger partial charge in [-0.3, -0.25) is 4.79 Å². The zero-order valence-corrected chi connectivity index (χ0v) is 26.7. The van der Waals surface area contributed by atoms with Crippen molar-refractivity contribution in [3.05, 3.63) is 69.8 Å². The number of nitrogens with one attached hydrogen (secondary N) is 1. The summed E-state index contributed by atoms with van der Waals surface area (Å²) in [5, 5.41) is 0.0356. The van der Waals surface area contributed by atoms with Crippen molar-refractivity contribution in [2.24, 2.45) is 23.7 Å². The maximum absolute atomic E-state index is 13.4. The van der Waals surface area contributed by atoms with Crippen LogP contribution in [-0.4, -0.2) is 52.5 Å². The van der Waals surface area contributed by atoms with E-state index in [0.29, 0.717) is 24.0 Å². The molecule has 2 aromatic rings. The lowest BCUT2D eigenvalue weighted by atomic mass is 9.64. The number of allylic oxidation sites excluding steroid dienone is 1. The molecule has 3 aliphatic heterocycles. The van der Waals surface area contributed by atoms with E-state index in [-0.39, 0.29) is 23.4 Å². The van der Waals surface area contributed by atoms with Gasteiger partial charge < -0.3 is 14.4 Å². The van der Waals surface area contributed by atoms with Crippen LogP contribution in [0.5, 0.6) is 5.75 Å². The minimum absolute atomic E-state index is 0.0438. The van der Waals surface area contributed by atoms with Crippen molar-refractivity contribution >= 4 is 33.2 Å². The van der Waals surface area contributed by atoms with Crippen molar-refractivity contribution in [3.8, 4) is 5.75 Å². The average molecular weight is 625 g/mol. The summed E-state index contributed by atoms with van der Waals surface area (Å²) in [6.45, 7) is 5.77. The standard InChI is InChI=1S/C34H41ClN2O5S/c1-20-21(2)43(39,40)36-33(38)23-7-11-31-30(16-23)37(17-24-6-9-28(24)32(41-3)26-13-25(20)14-26)18-34(19-42-31)12-4-5-22-15-27(35)8-10-29(22)34/h7-8,10-11,13,15-16,20-21,24-25,28,32H,4-6,9,12,14,17-19H2,1-3H3,(H,36,38)/t20-,21-,24-,25?,28+,32-,34-/m0/s1. The molecule has 0 radical (unpaired) electrons. The molecule has 3 aliphatic carbocycles. The molecule has 1 amide bonds. The molecule has 1 fully saturated rings. The normalized spacial score (nSPS) is 34.7. The Morgan fingerprint density at radius 3 is 2.70 bits per heavy atom. The minimum atomic E-state index is -3.89. The minimum Gasteiger partial charge on any atom is -0.490 e. The molecule has 6 aliphatic rings. The van der Waals surface area contributed by atoms with Gasteiger partial charge in [-0.1, -0.05) is 30.7 Å². The number of methoxy groups -OCH3 is 1. The van der Waals surface area contributed by atoms with Gasteiger partial charge in [-0.05, 0) is 116 Å². The zero-order chi connectivity index (χ0) is 30.1. The van der Waals surface area contributed by atoms with Crippen molar-refractivity contribution in [2.75, 3.05) is 31.7 Å². The van der Waals surface area contributed by atoms with E-state index in [1.807, 2.05) is 25.1 Å². The Bertz CT molecular complexity index is 1590. The van der Waals surface area contributed by atoms with Crippen LogP contribution in [-0.2, 0) is 26.6 Å². The predicted molar refractivity (Wildman–Crippen MR) is 168 cm³/mol. The summed E-state index contributed by atoms with van der Waals surface area (Å²) in [5.74, 6) is 0.976. The molecule has 1 saturated carbocycles. The van der Waals surface area contributed by atoms with Gasteiger partial charge in [0, 0.05) is 36.2 Å². The molecule has 2 aromatic carbocycles. The molecule has 230 valence electrons. The Hall–Kier alpha value is -2.55. The fourth-order valence-corrected chi connectivity index (χ4v) is 9.86. The first-order valence-corrected chi connectivity index (χ1v) is 17.6. The van der Waals surface area contributed by atoms with Gasteiger partial charge in [0.05, 0.1) is 23.6 Å². The second kappa shape index (κ2) is 10.8. The summed E-state index contributed by atoms with van der Waals surface area (Å²) in [6, 6.07) is 11.6. The molecule has 1 N–H and O–H groups in total. The highest BCUT2D eigenvalue weighted by Crippen LogP contribution is 2.49. The first-order valence-electron chi connectivity index (χ1n) is 15.7. The smallest absolute Gasteiger partial charge is 0.264 e. The number of hydrogen-bond donors (Lipinski definition) is 1. The molecule has 9 heteroatoms. The number of carbonyl (C=O) groups excluding carboxylic acids is 1. The SMILES string of the molecule is CO[C@H]1C2=CC(C2)[C@@H](C)[C@H](C)S(=O)(=O)NC(=O)c2ccc3c(c2)N(C[C@@H]2CC[C@H]21)C[C@@]1(CCCc2cc(Cl)ccc21)CO3. The van der Waals surface area contributed by atoms with Gasteiger partial charge in [-0.2, -0.15) is 0 Å². The van der Waals surface area contributed by atoms with Gasteiger partial charge in [0.25, 0.3) is 5.91 Å². The van der Waals surface area contributed by atoms with E-state index < -0.39 is 21.2 Å². The van der Waals surface area contributed by atoms with Gasteiger partial charge in [0.15, 0.2) is 0 Å². The van der Waals surface area contributed by atoms with Gasteiger partial charge >= 0.3 is 0 Å². The Labute approximate surface area is 260 Å². The lowest BCUT2D eigenvalue weighted by molar-refractivity contribution is -0.000490. The third-order valence-corrected chi connectivity index (χ3v) is 13.4. The van der Waals surface area contributed by atoms with Gasteiger partial charge in [-0.25, -0.2) is 13.1 Å². The van der Waals surface area contributed by atoms with E-state index >= 15 is 0 Å². The van der Waals surface area contributed by atoms with Crippen LogP contribution in [0.3, 0.4) is 0 Å². The highest BCUT2D eigenvalue weighted by molar-refractivity contribution is 7.90. The average Bonchev–Trinajstić information content (AvgIpc) is 3.09. The fourth-order valence-electron chi connectivity index (χ4n) is 8.33. The molecule has 0 aromatic heterocycles. The van der Waals surface area contributed by atoms with E-state index in [1.165, 1.54) is 16.7 Å². The molecule has 8 rings (SSSR count). The van der Waals surface area contributed by atoms with Crippen LogP contribution in [0.15, 0.2) is 48.0 Å².